The molecule has 1 spiro atoms. The lowest BCUT2D eigenvalue weighted by atomic mass is 9.99. The zero-order valence-corrected chi connectivity index (χ0v) is 11.0. The van der Waals surface area contributed by atoms with Crippen LogP contribution in [-0.4, -0.2) is 55.2 Å². The fourth-order valence-corrected chi connectivity index (χ4v) is 2.34. The lowest BCUT2D eigenvalue weighted by Gasteiger charge is -2.19. The Morgan fingerprint density at radius 2 is 2.22 bits per heavy atom. The Balaban J connectivity index is 1.85. The number of urea groups is 1. The van der Waals surface area contributed by atoms with Gasteiger partial charge in [-0.25, -0.2) is 4.79 Å². The number of ether oxygens (including phenoxy) is 1. The van der Waals surface area contributed by atoms with Gasteiger partial charge in [0.15, 0.2) is 0 Å². The normalized spacial score (nSPS) is 27.6. The number of hydrogen-bond donors (Lipinski definition) is 2. The van der Waals surface area contributed by atoms with Crippen molar-refractivity contribution in [3.8, 4) is 0 Å². The first-order chi connectivity index (χ1) is 8.55. The van der Waals surface area contributed by atoms with Crippen molar-refractivity contribution in [2.24, 2.45) is 5.92 Å². The van der Waals surface area contributed by atoms with Crippen LogP contribution in [0.5, 0.6) is 0 Å². The Morgan fingerprint density at radius 1 is 1.44 bits per heavy atom. The molecule has 102 valence electrons. The fraction of sp³-hybridized carbons (Fsp3) is 0.833. The molecule has 0 radical (unpaired) electrons. The maximum absolute atomic E-state index is 12.2. The lowest BCUT2D eigenvalue weighted by Crippen LogP contribution is -2.48. The summed E-state index contributed by atoms with van der Waals surface area (Å²) >= 11 is 0. The molecule has 2 rings (SSSR count). The second kappa shape index (κ2) is 5.24. The molecule has 0 aromatic carbocycles. The zero-order valence-electron chi connectivity index (χ0n) is 11.0. The van der Waals surface area contributed by atoms with Gasteiger partial charge in [0, 0.05) is 13.2 Å². The van der Waals surface area contributed by atoms with Gasteiger partial charge in [-0.05, 0) is 18.9 Å². The summed E-state index contributed by atoms with van der Waals surface area (Å²) in [6, 6.07) is -0.295. The molecule has 2 aliphatic heterocycles. The molecule has 3 amide bonds. The van der Waals surface area contributed by atoms with Gasteiger partial charge >= 0.3 is 6.03 Å². The summed E-state index contributed by atoms with van der Waals surface area (Å²) in [6.07, 6.45) is 0.668. The van der Waals surface area contributed by atoms with Crippen LogP contribution in [0.15, 0.2) is 0 Å². The van der Waals surface area contributed by atoms with E-state index in [1.807, 2.05) is 0 Å². The van der Waals surface area contributed by atoms with Crippen LogP contribution in [0.2, 0.25) is 0 Å². The van der Waals surface area contributed by atoms with Crippen LogP contribution in [0.1, 0.15) is 20.3 Å². The molecule has 0 bridgehead atoms. The number of carbonyl (C=O) groups excluding carboxylic acids is 2. The summed E-state index contributed by atoms with van der Waals surface area (Å²) in [7, 11) is 0. The predicted octanol–water partition coefficient (Wildman–Crippen LogP) is -0.0571. The standard InChI is InChI=1S/C12H21N3O3/c1-9(2)7-18-6-5-15-10(16)12(14-11(15)17)3-4-13-8-12/h9,13H,3-8H2,1-2H3,(H,14,17). The highest BCUT2D eigenvalue weighted by molar-refractivity contribution is 6.07. The minimum Gasteiger partial charge on any atom is -0.379 e. The molecule has 6 nitrogen and oxygen atoms in total. The molecule has 6 heteroatoms. The maximum atomic E-state index is 12.2. The highest BCUT2D eigenvalue weighted by atomic mass is 16.5. The van der Waals surface area contributed by atoms with Crippen molar-refractivity contribution in [3.05, 3.63) is 0 Å². The van der Waals surface area contributed by atoms with Crippen LogP contribution in [0, 0.1) is 5.92 Å². The molecule has 0 aliphatic carbocycles. The van der Waals surface area contributed by atoms with Gasteiger partial charge in [0.1, 0.15) is 5.54 Å². The van der Waals surface area contributed by atoms with E-state index in [2.05, 4.69) is 24.5 Å². The van der Waals surface area contributed by atoms with E-state index in [9.17, 15) is 9.59 Å². The first-order valence-corrected chi connectivity index (χ1v) is 6.48. The van der Waals surface area contributed by atoms with Crippen LogP contribution in [0.4, 0.5) is 4.79 Å². The van der Waals surface area contributed by atoms with Gasteiger partial charge in [0.05, 0.1) is 13.2 Å². The highest BCUT2D eigenvalue weighted by Crippen LogP contribution is 2.23. The molecule has 0 saturated carbocycles. The van der Waals surface area contributed by atoms with Gasteiger partial charge in [-0.3, -0.25) is 9.69 Å². The third kappa shape index (κ3) is 2.49. The lowest BCUT2D eigenvalue weighted by molar-refractivity contribution is -0.131. The third-order valence-corrected chi connectivity index (χ3v) is 3.31. The van der Waals surface area contributed by atoms with Gasteiger partial charge < -0.3 is 15.4 Å². The predicted molar refractivity (Wildman–Crippen MR) is 66.1 cm³/mol. The molecule has 2 fully saturated rings. The van der Waals surface area contributed by atoms with E-state index in [-0.39, 0.29) is 11.9 Å². The van der Waals surface area contributed by atoms with Crippen molar-refractivity contribution < 1.29 is 14.3 Å². The summed E-state index contributed by atoms with van der Waals surface area (Å²) in [6.45, 7) is 6.81. The highest BCUT2D eigenvalue weighted by Gasteiger charge is 2.52. The summed E-state index contributed by atoms with van der Waals surface area (Å²) in [5.74, 6) is 0.337. The number of nitrogens with one attached hydrogen (secondary N) is 2. The van der Waals surface area contributed by atoms with Gasteiger partial charge in [0.25, 0.3) is 5.91 Å². The minimum atomic E-state index is -0.699. The SMILES string of the molecule is CC(C)COCCN1C(=O)NC2(CCNC2)C1=O. The molecule has 0 aromatic rings. The van der Waals surface area contributed by atoms with E-state index in [0.717, 1.165) is 6.54 Å². The maximum Gasteiger partial charge on any atom is 0.325 e. The molecule has 2 heterocycles. The average Bonchev–Trinajstić information content (AvgIpc) is 2.85. The molecule has 2 saturated heterocycles. The number of amides is 3. The Bertz CT molecular complexity index is 337. The second-order valence-corrected chi connectivity index (χ2v) is 5.36. The Labute approximate surface area is 107 Å². The molecule has 0 aromatic heterocycles. The van der Waals surface area contributed by atoms with Gasteiger partial charge in [-0.1, -0.05) is 13.8 Å². The zero-order chi connectivity index (χ0) is 13.2. The molecule has 1 unspecified atom stereocenters. The van der Waals surface area contributed by atoms with Crippen LogP contribution in [0.3, 0.4) is 0 Å². The summed E-state index contributed by atoms with van der Waals surface area (Å²) in [5, 5.41) is 5.91. The van der Waals surface area contributed by atoms with Gasteiger partial charge in [-0.2, -0.15) is 0 Å². The Hall–Kier alpha value is -1.14. The number of nitrogens with zero attached hydrogens (tertiary/aromatic N) is 1. The van der Waals surface area contributed by atoms with Crippen LogP contribution in [0.25, 0.3) is 0 Å². The second-order valence-electron chi connectivity index (χ2n) is 5.36. The average molecular weight is 255 g/mol. The number of rotatable bonds is 5. The third-order valence-electron chi connectivity index (χ3n) is 3.31. The minimum absolute atomic E-state index is 0.120. The first kappa shape index (κ1) is 13.3. The summed E-state index contributed by atoms with van der Waals surface area (Å²) in [5.41, 5.74) is -0.699. The number of hydrogen-bond acceptors (Lipinski definition) is 4. The van der Waals surface area contributed by atoms with Crippen molar-refractivity contribution >= 4 is 11.9 Å². The van der Waals surface area contributed by atoms with Gasteiger partial charge in [0.2, 0.25) is 0 Å². The van der Waals surface area contributed by atoms with E-state index in [0.29, 0.717) is 38.6 Å². The van der Waals surface area contributed by atoms with Crippen molar-refractivity contribution in [2.45, 2.75) is 25.8 Å². The van der Waals surface area contributed by atoms with Crippen LogP contribution < -0.4 is 10.6 Å². The largest absolute Gasteiger partial charge is 0.379 e. The molecule has 2 aliphatic rings. The molecular formula is C12H21N3O3. The van der Waals surface area contributed by atoms with Crippen molar-refractivity contribution in [1.82, 2.24) is 15.5 Å². The summed E-state index contributed by atoms with van der Waals surface area (Å²) < 4.78 is 5.42. The van der Waals surface area contributed by atoms with Crippen LogP contribution >= 0.6 is 0 Å². The fourth-order valence-electron chi connectivity index (χ4n) is 2.34. The van der Waals surface area contributed by atoms with Crippen LogP contribution in [-0.2, 0) is 9.53 Å². The smallest absolute Gasteiger partial charge is 0.325 e. The Morgan fingerprint density at radius 3 is 2.83 bits per heavy atom. The molecular weight excluding hydrogens is 234 g/mol. The molecule has 18 heavy (non-hydrogen) atoms. The molecule has 2 N–H and O–H groups in total. The van der Waals surface area contributed by atoms with E-state index in [1.165, 1.54) is 4.90 Å². The number of carbonyl (C=O) groups is 2. The summed E-state index contributed by atoms with van der Waals surface area (Å²) in [4.78, 5) is 25.3. The van der Waals surface area contributed by atoms with E-state index in [4.69, 9.17) is 4.74 Å². The Kier molecular flexibility index (Phi) is 3.87. The topological polar surface area (TPSA) is 70.7 Å². The van der Waals surface area contributed by atoms with Crippen molar-refractivity contribution in [1.29, 1.82) is 0 Å². The van der Waals surface area contributed by atoms with E-state index >= 15 is 0 Å². The van der Waals surface area contributed by atoms with E-state index in [1.54, 1.807) is 0 Å². The van der Waals surface area contributed by atoms with Crippen molar-refractivity contribution in [2.75, 3.05) is 32.8 Å². The van der Waals surface area contributed by atoms with Crippen molar-refractivity contribution in [3.63, 3.8) is 0 Å². The molecule has 1 atom stereocenters. The number of imide groups is 1. The van der Waals surface area contributed by atoms with E-state index < -0.39 is 5.54 Å². The van der Waals surface area contributed by atoms with Gasteiger partial charge in [-0.15, -0.1) is 0 Å². The first-order valence-electron chi connectivity index (χ1n) is 6.48. The monoisotopic (exact) mass is 255 g/mol. The quantitative estimate of drug-likeness (QED) is 0.533.